The summed E-state index contributed by atoms with van der Waals surface area (Å²) in [6.45, 7) is 0. The number of aliphatic hydroxyl groups is 1. The fourth-order valence-electron chi connectivity index (χ4n) is 4.14. The Bertz CT molecular complexity index is 1330. The molecule has 0 spiro atoms. The van der Waals surface area contributed by atoms with Crippen LogP contribution in [0.5, 0.6) is 17.4 Å². The highest BCUT2D eigenvalue weighted by Crippen LogP contribution is 2.60. The Labute approximate surface area is 213 Å². The summed E-state index contributed by atoms with van der Waals surface area (Å²) < 4.78 is 59.7. The van der Waals surface area contributed by atoms with Crippen molar-refractivity contribution in [2.45, 2.75) is 41.7 Å². The van der Waals surface area contributed by atoms with Gasteiger partial charge in [-0.05, 0) is 31.4 Å². The Kier molecular flexibility index (Phi) is 6.77. The fourth-order valence-corrected chi connectivity index (χ4v) is 6.19. The smallest absolute Gasteiger partial charge is 0.287 e. The minimum atomic E-state index is -4.19. The second-order valence-corrected chi connectivity index (χ2v) is 11.0. The predicted octanol–water partition coefficient (Wildman–Crippen LogP) is 2.61. The molecule has 3 saturated carbocycles. The molecule has 3 aliphatic carbocycles. The molecule has 0 saturated heterocycles. The predicted molar refractivity (Wildman–Crippen MR) is 125 cm³/mol. The van der Waals surface area contributed by atoms with Crippen LogP contribution in [-0.4, -0.2) is 59.8 Å². The molecule has 5 rings (SSSR count). The van der Waals surface area contributed by atoms with Crippen molar-refractivity contribution < 1.29 is 36.9 Å². The first-order chi connectivity index (χ1) is 16.8. The molecule has 3 aliphatic rings. The van der Waals surface area contributed by atoms with Crippen LogP contribution in [0.1, 0.15) is 19.3 Å². The second kappa shape index (κ2) is 9.27. The first kappa shape index (κ1) is 26.3. The number of ether oxygens (including phenoxy) is 1. The van der Waals surface area contributed by atoms with Crippen molar-refractivity contribution in [2.75, 3.05) is 12.5 Å². The first-order valence-corrected chi connectivity index (χ1v) is 12.5. The number of nitrogens with one attached hydrogen (secondary N) is 3. The molecule has 1 amide bonds. The lowest BCUT2D eigenvalue weighted by Gasteiger charge is -2.67. The zero-order valence-corrected chi connectivity index (χ0v) is 20.7. The number of pyridine rings is 1. The number of alkyl halides is 2. The van der Waals surface area contributed by atoms with E-state index in [4.69, 9.17) is 27.9 Å². The van der Waals surface area contributed by atoms with Gasteiger partial charge in [-0.2, -0.15) is 5.10 Å². The van der Waals surface area contributed by atoms with Crippen LogP contribution in [0.3, 0.4) is 0 Å². The van der Waals surface area contributed by atoms with Gasteiger partial charge in [-0.25, -0.2) is 26.9 Å². The number of hydrazone groups is 1. The summed E-state index contributed by atoms with van der Waals surface area (Å²) >= 11 is 12.4. The van der Waals surface area contributed by atoms with Crippen LogP contribution in [0, 0.1) is 0 Å². The van der Waals surface area contributed by atoms with E-state index in [1.165, 1.54) is 19.2 Å². The van der Waals surface area contributed by atoms with Gasteiger partial charge in [0.1, 0.15) is 4.90 Å². The molecule has 1 aromatic carbocycles. The number of benzene rings is 1. The molecule has 0 radical (unpaired) electrons. The SMILES string of the molecule is CNC(=O)/C(=N\Nc1cc(Cl)c(Oc2cc(S(=O)(=O)NC34CC(O)(C3)C4)c(O)cn2)c(Cl)c1)C(F)F. The quantitative estimate of drug-likeness (QED) is 0.229. The van der Waals surface area contributed by atoms with Gasteiger partial charge >= 0.3 is 0 Å². The van der Waals surface area contributed by atoms with E-state index < -0.39 is 49.9 Å². The van der Waals surface area contributed by atoms with Crippen molar-refractivity contribution in [3.05, 3.63) is 34.4 Å². The number of aromatic nitrogens is 1. The van der Waals surface area contributed by atoms with E-state index in [-0.39, 0.29) is 46.6 Å². The normalized spacial score (nSPS) is 23.0. The van der Waals surface area contributed by atoms with E-state index in [1.807, 2.05) is 5.32 Å². The molecule has 0 aliphatic heterocycles. The maximum absolute atomic E-state index is 13.0. The summed E-state index contributed by atoms with van der Waals surface area (Å²) in [6, 6.07) is 3.40. The minimum absolute atomic E-state index is 0.0470. The number of amides is 1. The molecule has 36 heavy (non-hydrogen) atoms. The number of carbonyl (C=O) groups excluding carboxylic acids is 1. The molecule has 1 heterocycles. The van der Waals surface area contributed by atoms with Crippen LogP contribution < -0.4 is 20.2 Å². The third-order valence-electron chi connectivity index (χ3n) is 5.64. The topological polar surface area (TPSA) is 162 Å². The number of halogens is 4. The van der Waals surface area contributed by atoms with Gasteiger partial charge in [-0.15, -0.1) is 0 Å². The Balaban J connectivity index is 1.54. The first-order valence-electron chi connectivity index (χ1n) is 10.2. The van der Waals surface area contributed by atoms with E-state index in [0.717, 1.165) is 12.3 Å². The zero-order chi connectivity index (χ0) is 26.5. The van der Waals surface area contributed by atoms with Crippen LogP contribution in [0.15, 0.2) is 34.4 Å². The minimum Gasteiger partial charge on any atom is -0.505 e. The molecule has 3 fully saturated rings. The third kappa shape index (κ3) is 5.04. The van der Waals surface area contributed by atoms with E-state index in [1.54, 1.807) is 0 Å². The Morgan fingerprint density at radius 1 is 1.22 bits per heavy atom. The van der Waals surface area contributed by atoms with Gasteiger partial charge in [0.2, 0.25) is 15.9 Å². The van der Waals surface area contributed by atoms with Gasteiger partial charge < -0.3 is 20.3 Å². The summed E-state index contributed by atoms with van der Waals surface area (Å²) in [5.41, 5.74) is -0.335. The lowest BCUT2D eigenvalue weighted by Crippen LogP contribution is -2.78. The molecule has 2 aromatic rings. The molecule has 1 aromatic heterocycles. The van der Waals surface area contributed by atoms with Crippen molar-refractivity contribution in [3.8, 4) is 17.4 Å². The fraction of sp³-hybridized carbons (Fsp3) is 0.350. The van der Waals surface area contributed by atoms with Gasteiger partial charge in [-0.1, -0.05) is 23.2 Å². The van der Waals surface area contributed by atoms with Gasteiger partial charge in [0.25, 0.3) is 12.3 Å². The van der Waals surface area contributed by atoms with Gasteiger partial charge in [0.05, 0.1) is 27.5 Å². The zero-order valence-electron chi connectivity index (χ0n) is 18.4. The van der Waals surface area contributed by atoms with Crippen molar-refractivity contribution in [2.24, 2.45) is 5.10 Å². The highest BCUT2D eigenvalue weighted by atomic mass is 35.5. The highest BCUT2D eigenvalue weighted by Gasteiger charge is 2.68. The van der Waals surface area contributed by atoms with Crippen LogP contribution >= 0.6 is 23.2 Å². The van der Waals surface area contributed by atoms with Crippen LogP contribution in [0.2, 0.25) is 10.0 Å². The van der Waals surface area contributed by atoms with E-state index in [9.17, 15) is 32.2 Å². The number of aromatic hydroxyl groups is 1. The summed E-state index contributed by atoms with van der Waals surface area (Å²) in [5, 5.41) is 25.1. The van der Waals surface area contributed by atoms with E-state index in [2.05, 4.69) is 20.2 Å². The van der Waals surface area contributed by atoms with Gasteiger partial charge in [0, 0.05) is 18.7 Å². The number of carbonyl (C=O) groups is 1. The molecule has 194 valence electrons. The van der Waals surface area contributed by atoms with Crippen LogP contribution in [0.4, 0.5) is 14.5 Å². The van der Waals surface area contributed by atoms with Crippen LogP contribution in [-0.2, 0) is 14.8 Å². The van der Waals surface area contributed by atoms with Crippen molar-refractivity contribution in [1.29, 1.82) is 0 Å². The number of hydrogen-bond acceptors (Lipinski definition) is 9. The number of anilines is 1. The Morgan fingerprint density at radius 2 is 1.83 bits per heavy atom. The largest absolute Gasteiger partial charge is 0.505 e. The molecule has 0 atom stereocenters. The molecule has 11 nitrogen and oxygen atoms in total. The van der Waals surface area contributed by atoms with Crippen LogP contribution in [0.25, 0.3) is 0 Å². The highest BCUT2D eigenvalue weighted by molar-refractivity contribution is 7.89. The summed E-state index contributed by atoms with van der Waals surface area (Å²) in [4.78, 5) is 14.8. The van der Waals surface area contributed by atoms with Crippen molar-refractivity contribution in [1.82, 2.24) is 15.0 Å². The molecule has 2 bridgehead atoms. The maximum atomic E-state index is 13.0. The molecular weight excluding hydrogens is 547 g/mol. The lowest BCUT2D eigenvalue weighted by atomic mass is 9.47. The third-order valence-corrected chi connectivity index (χ3v) is 7.81. The number of hydrogen-bond donors (Lipinski definition) is 5. The summed E-state index contributed by atoms with van der Waals surface area (Å²) in [6.07, 6.45) is -1.42. The standard InChI is InChI=1S/C20H19Cl2F2N5O6S/c1-25-18(31)15(17(23)24)28-27-9-2-10(21)16(11(22)3-9)35-14-4-13(12(30)5-26-14)36(33,34)29-19-6-20(32,7-19)8-19/h2-5,17,27,29-30,32H,6-8H2,1H3,(H,25,31)/b28-15-. The van der Waals surface area contributed by atoms with E-state index in [0.29, 0.717) is 0 Å². The average Bonchev–Trinajstić information content (AvgIpc) is 2.74. The van der Waals surface area contributed by atoms with Crippen molar-refractivity contribution >= 4 is 50.5 Å². The number of nitrogens with zero attached hydrogens (tertiary/aromatic N) is 2. The van der Waals surface area contributed by atoms with E-state index >= 15 is 0 Å². The van der Waals surface area contributed by atoms with Crippen molar-refractivity contribution in [3.63, 3.8) is 0 Å². The monoisotopic (exact) mass is 565 g/mol. The second-order valence-electron chi connectivity index (χ2n) is 8.49. The molecular formula is C20H19Cl2F2N5O6S. The Hall–Kier alpha value is -2.78. The molecule has 0 unspecified atom stereocenters. The average molecular weight is 566 g/mol. The van der Waals surface area contributed by atoms with Gasteiger partial charge in [0.15, 0.2) is 17.2 Å². The molecule has 5 N–H and O–H groups in total. The Morgan fingerprint density at radius 3 is 2.36 bits per heavy atom. The van der Waals surface area contributed by atoms with Gasteiger partial charge in [-0.3, -0.25) is 10.2 Å². The lowest BCUT2D eigenvalue weighted by molar-refractivity contribution is -0.212. The number of sulfonamides is 1. The maximum Gasteiger partial charge on any atom is 0.287 e. The number of rotatable bonds is 9. The summed E-state index contributed by atoms with van der Waals surface area (Å²) in [5.74, 6) is -2.13. The molecule has 16 heteroatoms. The summed E-state index contributed by atoms with van der Waals surface area (Å²) in [7, 11) is -3.02.